The molecule has 1 aliphatic heterocycles. The Morgan fingerprint density at radius 3 is 2.48 bits per heavy atom. The Balaban J connectivity index is 1.30. The van der Waals surface area contributed by atoms with Crippen molar-refractivity contribution in [3.8, 4) is 17.2 Å². The lowest BCUT2D eigenvalue weighted by Gasteiger charge is -2.24. The van der Waals surface area contributed by atoms with Gasteiger partial charge in [-0.05, 0) is 54.1 Å². The third kappa shape index (κ3) is 5.02. The highest BCUT2D eigenvalue weighted by Crippen LogP contribution is 2.30. The first kappa shape index (κ1) is 20.4. The third-order valence-electron chi connectivity index (χ3n) is 4.37. The van der Waals surface area contributed by atoms with E-state index in [9.17, 15) is 9.59 Å². The number of rotatable bonds is 5. The van der Waals surface area contributed by atoms with E-state index in [1.807, 2.05) is 6.07 Å². The molecular formula is C23H17ClN2O5. The zero-order chi connectivity index (χ0) is 21.6. The molecule has 0 aliphatic carbocycles. The fourth-order valence-electron chi connectivity index (χ4n) is 2.80. The fraction of sp³-hybridized carbons (Fsp3) is 0.0870. The quantitative estimate of drug-likeness (QED) is 0.284. The molecule has 1 heterocycles. The summed E-state index contributed by atoms with van der Waals surface area (Å²) in [5.41, 5.74) is 3.42. The van der Waals surface area contributed by atoms with Crippen molar-refractivity contribution >= 4 is 29.7 Å². The summed E-state index contributed by atoms with van der Waals surface area (Å²) in [6.45, 7) is 0.101. The summed E-state index contributed by atoms with van der Waals surface area (Å²) < 4.78 is 16.5. The van der Waals surface area contributed by atoms with Crippen LogP contribution >= 0.6 is 11.6 Å². The van der Waals surface area contributed by atoms with Crippen LogP contribution in [0.5, 0.6) is 17.2 Å². The van der Waals surface area contributed by atoms with Crippen LogP contribution in [0.25, 0.3) is 0 Å². The topological polar surface area (TPSA) is 86.2 Å². The number of hydrogen-bond donors (Lipinski definition) is 1. The number of amides is 1. The van der Waals surface area contributed by atoms with E-state index in [-0.39, 0.29) is 12.2 Å². The van der Waals surface area contributed by atoms with Crippen molar-refractivity contribution < 1.29 is 23.8 Å². The van der Waals surface area contributed by atoms with Crippen LogP contribution in [0.1, 0.15) is 15.9 Å². The molecule has 4 rings (SSSR count). The number of benzene rings is 3. The van der Waals surface area contributed by atoms with Gasteiger partial charge in [-0.25, -0.2) is 10.2 Å². The lowest BCUT2D eigenvalue weighted by Crippen LogP contribution is -2.42. The average Bonchev–Trinajstić information content (AvgIpc) is 2.80. The molecular weight excluding hydrogens is 420 g/mol. The minimum absolute atomic E-state index is 0.101. The maximum absolute atomic E-state index is 12.2. The lowest BCUT2D eigenvalue weighted by atomic mass is 10.2. The molecule has 7 nitrogen and oxygen atoms in total. The van der Waals surface area contributed by atoms with E-state index in [2.05, 4.69) is 10.5 Å². The molecule has 0 aromatic heterocycles. The van der Waals surface area contributed by atoms with Gasteiger partial charge >= 0.3 is 5.97 Å². The highest BCUT2D eigenvalue weighted by Gasteiger charge is 2.26. The van der Waals surface area contributed by atoms with Gasteiger partial charge in [-0.2, -0.15) is 5.10 Å². The molecule has 8 heteroatoms. The summed E-state index contributed by atoms with van der Waals surface area (Å²) in [4.78, 5) is 24.4. The Hall–Kier alpha value is -3.84. The standard InChI is InChI=1S/C23H17ClN2O5/c24-18-6-2-1-5-17(18)23(28)30-16-11-9-15(10-12-16)13-25-26-22(27)21-14-29-19-7-3-4-8-20(19)31-21/h1-13,21H,14H2,(H,26,27)/b25-13+/t21-/m1/s1. The van der Waals surface area contributed by atoms with Crippen LogP contribution in [-0.2, 0) is 4.79 Å². The summed E-state index contributed by atoms with van der Waals surface area (Å²) in [7, 11) is 0. The first-order valence-electron chi connectivity index (χ1n) is 9.38. The SMILES string of the molecule is O=C(Oc1ccc(/C=N/NC(=O)[C@H]2COc3ccccc3O2)cc1)c1ccccc1Cl. The van der Waals surface area contributed by atoms with Gasteiger partial charge in [0.25, 0.3) is 5.91 Å². The van der Waals surface area contributed by atoms with Crippen molar-refractivity contribution in [1.29, 1.82) is 0 Å². The Morgan fingerprint density at radius 1 is 1.00 bits per heavy atom. The van der Waals surface area contributed by atoms with Gasteiger partial charge in [0, 0.05) is 0 Å². The van der Waals surface area contributed by atoms with Gasteiger partial charge in [-0.3, -0.25) is 4.79 Å². The normalized spacial score (nSPS) is 14.8. The molecule has 0 spiro atoms. The van der Waals surface area contributed by atoms with E-state index < -0.39 is 18.0 Å². The van der Waals surface area contributed by atoms with Crippen molar-refractivity contribution in [2.24, 2.45) is 5.10 Å². The zero-order valence-corrected chi connectivity index (χ0v) is 16.9. The van der Waals surface area contributed by atoms with E-state index in [0.717, 1.165) is 0 Å². The molecule has 0 fully saturated rings. The first-order chi connectivity index (χ1) is 15.1. The van der Waals surface area contributed by atoms with Gasteiger partial charge in [0.05, 0.1) is 16.8 Å². The van der Waals surface area contributed by atoms with Crippen molar-refractivity contribution in [2.45, 2.75) is 6.10 Å². The maximum atomic E-state index is 12.2. The van der Waals surface area contributed by atoms with E-state index in [1.54, 1.807) is 66.7 Å². The van der Waals surface area contributed by atoms with Gasteiger partial charge in [0.15, 0.2) is 11.5 Å². The van der Waals surface area contributed by atoms with Gasteiger partial charge < -0.3 is 14.2 Å². The lowest BCUT2D eigenvalue weighted by molar-refractivity contribution is -0.130. The van der Waals surface area contributed by atoms with Crippen LogP contribution in [0.2, 0.25) is 5.02 Å². The van der Waals surface area contributed by atoms with E-state index in [1.165, 1.54) is 6.21 Å². The van der Waals surface area contributed by atoms with Crippen molar-refractivity contribution in [3.63, 3.8) is 0 Å². The Kier molecular flexibility index (Phi) is 6.14. The summed E-state index contributed by atoms with van der Waals surface area (Å²) >= 11 is 6.00. The number of halogens is 1. The molecule has 3 aromatic rings. The second kappa shape index (κ2) is 9.32. The summed E-state index contributed by atoms with van der Waals surface area (Å²) in [6, 6.07) is 20.4. The Labute approximate surface area is 183 Å². The van der Waals surface area contributed by atoms with E-state index in [0.29, 0.717) is 27.8 Å². The van der Waals surface area contributed by atoms with Crippen LogP contribution < -0.4 is 19.6 Å². The number of fused-ring (bicyclic) bond motifs is 1. The molecule has 0 radical (unpaired) electrons. The summed E-state index contributed by atoms with van der Waals surface area (Å²) in [5, 5.41) is 4.26. The van der Waals surface area contributed by atoms with Crippen molar-refractivity contribution in [1.82, 2.24) is 5.43 Å². The zero-order valence-electron chi connectivity index (χ0n) is 16.2. The van der Waals surface area contributed by atoms with Gasteiger partial charge in [-0.15, -0.1) is 0 Å². The molecule has 3 aromatic carbocycles. The maximum Gasteiger partial charge on any atom is 0.345 e. The number of hydrogen-bond acceptors (Lipinski definition) is 6. The Morgan fingerprint density at radius 2 is 1.71 bits per heavy atom. The summed E-state index contributed by atoms with van der Waals surface area (Å²) in [6.07, 6.45) is 0.675. The molecule has 0 bridgehead atoms. The highest BCUT2D eigenvalue weighted by molar-refractivity contribution is 6.33. The number of hydrazone groups is 1. The van der Waals surface area contributed by atoms with Gasteiger partial charge in [-0.1, -0.05) is 35.9 Å². The number of esters is 1. The molecule has 1 N–H and O–H groups in total. The van der Waals surface area contributed by atoms with Crippen LogP contribution in [0, 0.1) is 0 Å². The van der Waals surface area contributed by atoms with E-state index in [4.69, 9.17) is 25.8 Å². The predicted octanol–water partition coefficient (Wildman–Crippen LogP) is 3.85. The fourth-order valence-corrected chi connectivity index (χ4v) is 3.01. The molecule has 0 saturated carbocycles. The smallest absolute Gasteiger partial charge is 0.345 e. The number of nitrogens with one attached hydrogen (secondary N) is 1. The monoisotopic (exact) mass is 436 g/mol. The number of ether oxygens (including phenoxy) is 3. The van der Waals surface area contributed by atoms with Crippen molar-refractivity contribution in [3.05, 3.63) is 88.9 Å². The van der Waals surface area contributed by atoms with Crippen LogP contribution in [0.15, 0.2) is 77.9 Å². The second-order valence-electron chi connectivity index (χ2n) is 6.54. The molecule has 31 heavy (non-hydrogen) atoms. The highest BCUT2D eigenvalue weighted by atomic mass is 35.5. The number of nitrogens with zero attached hydrogens (tertiary/aromatic N) is 1. The predicted molar refractivity (Wildman–Crippen MR) is 115 cm³/mol. The molecule has 1 amide bonds. The van der Waals surface area contributed by atoms with Gasteiger partial charge in [0.2, 0.25) is 6.10 Å². The molecule has 0 unspecified atom stereocenters. The number of carbonyl (C=O) groups excluding carboxylic acids is 2. The second-order valence-corrected chi connectivity index (χ2v) is 6.94. The van der Waals surface area contributed by atoms with Crippen molar-refractivity contribution in [2.75, 3.05) is 6.61 Å². The largest absolute Gasteiger partial charge is 0.485 e. The summed E-state index contributed by atoms with van der Waals surface area (Å²) in [5.74, 6) is 0.509. The van der Waals surface area contributed by atoms with Crippen LogP contribution in [0.4, 0.5) is 0 Å². The molecule has 1 atom stereocenters. The average molecular weight is 437 g/mol. The molecule has 156 valence electrons. The molecule has 0 saturated heterocycles. The molecule has 1 aliphatic rings. The van der Waals surface area contributed by atoms with Crippen LogP contribution in [0.3, 0.4) is 0 Å². The first-order valence-corrected chi connectivity index (χ1v) is 9.76. The number of para-hydroxylation sites is 2. The van der Waals surface area contributed by atoms with Gasteiger partial charge in [0.1, 0.15) is 12.4 Å². The number of carbonyl (C=O) groups is 2. The minimum Gasteiger partial charge on any atom is -0.485 e. The minimum atomic E-state index is -0.793. The third-order valence-corrected chi connectivity index (χ3v) is 4.70. The Bertz CT molecular complexity index is 1130. The van der Waals surface area contributed by atoms with E-state index >= 15 is 0 Å². The van der Waals surface area contributed by atoms with Crippen LogP contribution in [-0.4, -0.2) is 30.8 Å².